The molecule has 0 spiro atoms. The van der Waals surface area contributed by atoms with E-state index in [1.54, 1.807) is 32.4 Å². The number of likely N-dealkylation sites (N-methyl/N-ethyl adjacent to an activating group) is 1. The number of carbonyl (C=O) groups is 1. The molecule has 0 heterocycles. The first-order chi connectivity index (χ1) is 11.5. The second-order valence-corrected chi connectivity index (χ2v) is 5.35. The lowest BCUT2D eigenvalue weighted by Gasteiger charge is -2.14. The van der Waals surface area contributed by atoms with Crippen molar-refractivity contribution in [3.05, 3.63) is 23.8 Å². The van der Waals surface area contributed by atoms with Crippen LogP contribution in [0.15, 0.2) is 23.3 Å². The van der Waals surface area contributed by atoms with E-state index in [1.807, 2.05) is 19.9 Å². The van der Waals surface area contributed by atoms with E-state index in [4.69, 9.17) is 21.7 Å². The zero-order chi connectivity index (χ0) is 17.9. The number of hydrogen-bond acceptors (Lipinski definition) is 5. The highest BCUT2D eigenvalue weighted by molar-refractivity contribution is 7.80. The molecule has 0 aromatic heterocycles. The maximum Gasteiger partial charge on any atom is 0.259 e. The zero-order valence-electron chi connectivity index (χ0n) is 14.5. The summed E-state index contributed by atoms with van der Waals surface area (Å²) in [4.78, 5) is 13.1. The first-order valence-electron chi connectivity index (χ1n) is 7.64. The SMILES string of the molecule is CCNC(=S)N/N=C\c1ccc(OCC(=O)N(C)C)c(OCC)c1. The van der Waals surface area contributed by atoms with Crippen LogP contribution in [0.3, 0.4) is 0 Å². The molecule has 0 saturated heterocycles. The predicted octanol–water partition coefficient (Wildman–Crippen LogP) is 1.37. The van der Waals surface area contributed by atoms with Crippen LogP contribution in [0.4, 0.5) is 0 Å². The van der Waals surface area contributed by atoms with Crippen LogP contribution in [0.5, 0.6) is 11.5 Å². The van der Waals surface area contributed by atoms with E-state index >= 15 is 0 Å². The van der Waals surface area contributed by atoms with Gasteiger partial charge < -0.3 is 19.7 Å². The number of amides is 1. The van der Waals surface area contributed by atoms with Crippen LogP contribution in [-0.4, -0.2) is 56.0 Å². The van der Waals surface area contributed by atoms with Crippen molar-refractivity contribution in [2.45, 2.75) is 13.8 Å². The molecular weight excluding hydrogens is 328 g/mol. The number of nitrogens with one attached hydrogen (secondary N) is 2. The van der Waals surface area contributed by atoms with Crippen molar-refractivity contribution >= 4 is 29.5 Å². The van der Waals surface area contributed by atoms with E-state index in [9.17, 15) is 4.79 Å². The smallest absolute Gasteiger partial charge is 0.259 e. The third-order valence-corrected chi connectivity index (χ3v) is 3.07. The van der Waals surface area contributed by atoms with E-state index in [1.165, 1.54) is 4.90 Å². The summed E-state index contributed by atoms with van der Waals surface area (Å²) < 4.78 is 11.1. The van der Waals surface area contributed by atoms with E-state index in [0.717, 1.165) is 12.1 Å². The van der Waals surface area contributed by atoms with Crippen molar-refractivity contribution in [2.24, 2.45) is 5.10 Å². The molecule has 2 N–H and O–H groups in total. The highest BCUT2D eigenvalue weighted by Crippen LogP contribution is 2.28. The van der Waals surface area contributed by atoms with E-state index in [-0.39, 0.29) is 12.5 Å². The van der Waals surface area contributed by atoms with Gasteiger partial charge in [-0.15, -0.1) is 0 Å². The maximum absolute atomic E-state index is 11.6. The third-order valence-electron chi connectivity index (χ3n) is 2.83. The van der Waals surface area contributed by atoms with Gasteiger partial charge in [-0.05, 0) is 49.8 Å². The van der Waals surface area contributed by atoms with Gasteiger partial charge in [0.2, 0.25) is 0 Å². The summed E-state index contributed by atoms with van der Waals surface area (Å²) in [6, 6.07) is 5.36. The average molecular weight is 352 g/mol. The largest absolute Gasteiger partial charge is 0.490 e. The van der Waals surface area contributed by atoms with Crippen molar-refractivity contribution in [2.75, 3.05) is 33.9 Å². The van der Waals surface area contributed by atoms with Gasteiger partial charge in [0.25, 0.3) is 5.91 Å². The lowest BCUT2D eigenvalue weighted by atomic mass is 10.2. The minimum Gasteiger partial charge on any atom is -0.490 e. The summed E-state index contributed by atoms with van der Waals surface area (Å²) in [7, 11) is 3.36. The van der Waals surface area contributed by atoms with Crippen LogP contribution in [0.1, 0.15) is 19.4 Å². The molecule has 0 atom stereocenters. The van der Waals surface area contributed by atoms with Gasteiger partial charge in [0, 0.05) is 20.6 Å². The van der Waals surface area contributed by atoms with Crippen LogP contribution in [0.2, 0.25) is 0 Å². The van der Waals surface area contributed by atoms with Crippen molar-refractivity contribution in [1.82, 2.24) is 15.6 Å². The van der Waals surface area contributed by atoms with Gasteiger partial charge in [-0.3, -0.25) is 10.2 Å². The van der Waals surface area contributed by atoms with E-state index in [0.29, 0.717) is 23.2 Å². The van der Waals surface area contributed by atoms with Crippen LogP contribution >= 0.6 is 12.2 Å². The second-order valence-electron chi connectivity index (χ2n) is 4.95. The third kappa shape index (κ3) is 6.82. The zero-order valence-corrected chi connectivity index (χ0v) is 15.3. The lowest BCUT2D eigenvalue weighted by Crippen LogP contribution is -2.31. The Bertz CT molecular complexity index is 591. The summed E-state index contributed by atoms with van der Waals surface area (Å²) in [6.45, 7) is 5.01. The number of thiocarbonyl (C=S) groups is 1. The van der Waals surface area contributed by atoms with Crippen molar-refractivity contribution in [3.8, 4) is 11.5 Å². The Labute approximate surface area is 148 Å². The molecule has 0 aliphatic heterocycles. The maximum atomic E-state index is 11.6. The van der Waals surface area contributed by atoms with Crippen LogP contribution in [-0.2, 0) is 4.79 Å². The highest BCUT2D eigenvalue weighted by atomic mass is 32.1. The molecule has 24 heavy (non-hydrogen) atoms. The van der Waals surface area contributed by atoms with E-state index in [2.05, 4.69) is 15.8 Å². The highest BCUT2D eigenvalue weighted by Gasteiger charge is 2.10. The average Bonchev–Trinajstić information content (AvgIpc) is 2.54. The molecule has 0 radical (unpaired) electrons. The molecule has 0 aliphatic rings. The first kappa shape index (κ1) is 19.7. The molecule has 0 bridgehead atoms. The second kappa shape index (κ2) is 10.4. The van der Waals surface area contributed by atoms with Crippen molar-refractivity contribution < 1.29 is 14.3 Å². The summed E-state index contributed by atoms with van der Waals surface area (Å²) in [5.74, 6) is 0.951. The summed E-state index contributed by atoms with van der Waals surface area (Å²) >= 11 is 5.02. The van der Waals surface area contributed by atoms with Gasteiger partial charge >= 0.3 is 0 Å². The molecule has 1 amide bonds. The topological polar surface area (TPSA) is 75.2 Å². The van der Waals surface area contributed by atoms with Crippen LogP contribution in [0, 0.1) is 0 Å². The van der Waals surface area contributed by atoms with Gasteiger partial charge in [-0.2, -0.15) is 5.10 Å². The number of hydrogen-bond donors (Lipinski definition) is 2. The fourth-order valence-electron chi connectivity index (χ4n) is 1.63. The monoisotopic (exact) mass is 352 g/mol. The van der Waals surface area contributed by atoms with Gasteiger partial charge in [0.1, 0.15) is 0 Å². The predicted molar refractivity (Wildman–Crippen MR) is 98.8 cm³/mol. The Hall–Kier alpha value is -2.35. The summed E-state index contributed by atoms with van der Waals surface area (Å²) in [5, 5.41) is 7.45. The number of hydrazone groups is 1. The number of rotatable bonds is 8. The Balaban J connectivity index is 2.76. The van der Waals surface area contributed by atoms with Crippen molar-refractivity contribution in [1.29, 1.82) is 0 Å². The number of carbonyl (C=O) groups excluding carboxylic acids is 1. The van der Waals surface area contributed by atoms with Gasteiger partial charge in [0.05, 0.1) is 12.8 Å². The Morgan fingerprint density at radius 1 is 1.29 bits per heavy atom. The van der Waals surface area contributed by atoms with Gasteiger partial charge in [-0.1, -0.05) is 0 Å². The fraction of sp³-hybridized carbons (Fsp3) is 0.438. The quantitative estimate of drug-likeness (QED) is 0.418. The molecule has 1 aromatic rings. The molecule has 0 saturated carbocycles. The number of ether oxygens (including phenoxy) is 2. The number of benzene rings is 1. The normalized spacial score (nSPS) is 10.3. The molecular formula is C16H24N4O3S. The minimum absolute atomic E-state index is 0.0426. The van der Waals surface area contributed by atoms with Crippen molar-refractivity contribution in [3.63, 3.8) is 0 Å². The summed E-state index contributed by atoms with van der Waals surface area (Å²) in [6.07, 6.45) is 1.63. The van der Waals surface area contributed by atoms with Gasteiger partial charge in [-0.25, -0.2) is 0 Å². The molecule has 7 nitrogen and oxygen atoms in total. The Kier molecular flexibility index (Phi) is 8.56. The Morgan fingerprint density at radius 2 is 2.04 bits per heavy atom. The van der Waals surface area contributed by atoms with Crippen LogP contribution in [0.25, 0.3) is 0 Å². The Morgan fingerprint density at radius 3 is 2.67 bits per heavy atom. The molecule has 132 valence electrons. The minimum atomic E-state index is -0.121. The molecule has 1 aromatic carbocycles. The van der Waals surface area contributed by atoms with Gasteiger partial charge in [0.15, 0.2) is 23.2 Å². The molecule has 0 unspecified atom stereocenters. The van der Waals surface area contributed by atoms with E-state index < -0.39 is 0 Å². The fourth-order valence-corrected chi connectivity index (χ4v) is 1.82. The molecule has 0 aliphatic carbocycles. The summed E-state index contributed by atoms with van der Waals surface area (Å²) in [5.41, 5.74) is 3.53. The number of nitrogens with zero attached hydrogens (tertiary/aromatic N) is 2. The molecule has 8 heteroatoms. The lowest BCUT2D eigenvalue weighted by molar-refractivity contribution is -0.130. The molecule has 1 rings (SSSR count). The first-order valence-corrected chi connectivity index (χ1v) is 8.05. The molecule has 0 fully saturated rings. The standard InChI is InChI=1S/C16H24N4O3S/c1-5-17-16(24)19-18-10-12-7-8-13(14(9-12)22-6-2)23-11-15(21)20(3)4/h7-10H,5-6,11H2,1-4H3,(H2,17,19,24)/b18-10-. The van der Waals surface area contributed by atoms with Crippen LogP contribution < -0.4 is 20.2 Å².